The van der Waals surface area contributed by atoms with Crippen LogP contribution >= 0.6 is 0 Å². The minimum Gasteiger partial charge on any atom is -0.347 e. The number of nitrogens with one attached hydrogen (secondary N) is 1. The molecule has 0 aliphatic rings. The van der Waals surface area contributed by atoms with Gasteiger partial charge in [0, 0.05) is 19.3 Å². The van der Waals surface area contributed by atoms with Crippen LogP contribution in [0.4, 0.5) is 0 Å². The average molecular weight is 258 g/mol. The maximum atomic E-state index is 3.55. The number of aromatic nitrogens is 1. The third kappa shape index (κ3) is 3.60. The molecule has 104 valence electrons. The zero-order chi connectivity index (χ0) is 13.8. The maximum absolute atomic E-state index is 3.55. The molecule has 0 fully saturated rings. The van der Waals surface area contributed by atoms with Gasteiger partial charge in [-0.15, -0.1) is 0 Å². The molecule has 0 aliphatic carbocycles. The van der Waals surface area contributed by atoms with Crippen molar-refractivity contribution in [3.05, 3.63) is 36.0 Å². The molecule has 0 bridgehead atoms. The average Bonchev–Trinajstić information content (AvgIpc) is 2.72. The van der Waals surface area contributed by atoms with Gasteiger partial charge in [-0.2, -0.15) is 0 Å². The largest absolute Gasteiger partial charge is 0.347 e. The Morgan fingerprint density at radius 3 is 2.53 bits per heavy atom. The Morgan fingerprint density at radius 1 is 1.05 bits per heavy atom. The molecule has 0 unspecified atom stereocenters. The van der Waals surface area contributed by atoms with E-state index in [-0.39, 0.29) is 0 Å². The summed E-state index contributed by atoms with van der Waals surface area (Å²) in [5.41, 5.74) is 2.80. The molecule has 0 amide bonds. The van der Waals surface area contributed by atoms with Gasteiger partial charge in [0.25, 0.3) is 0 Å². The summed E-state index contributed by atoms with van der Waals surface area (Å²) in [5, 5.41) is 4.90. The van der Waals surface area contributed by atoms with E-state index in [0.29, 0.717) is 11.8 Å². The monoisotopic (exact) mass is 258 g/mol. The minimum absolute atomic E-state index is 0.673. The van der Waals surface area contributed by atoms with Crippen molar-refractivity contribution >= 4 is 10.9 Å². The predicted octanol–water partition coefficient (Wildman–Crippen LogP) is 4.04. The van der Waals surface area contributed by atoms with Crippen molar-refractivity contribution in [2.45, 2.75) is 40.8 Å². The number of fused-ring (bicyclic) bond motifs is 1. The fourth-order valence-electron chi connectivity index (χ4n) is 2.52. The summed E-state index contributed by atoms with van der Waals surface area (Å²) >= 11 is 0. The number of hydrogen-bond acceptors (Lipinski definition) is 1. The fourth-order valence-corrected chi connectivity index (χ4v) is 2.52. The predicted molar refractivity (Wildman–Crippen MR) is 83.3 cm³/mol. The topological polar surface area (TPSA) is 17.0 Å². The van der Waals surface area contributed by atoms with E-state index in [4.69, 9.17) is 0 Å². The van der Waals surface area contributed by atoms with Crippen LogP contribution in [0.2, 0.25) is 0 Å². The molecule has 2 nitrogen and oxygen atoms in total. The van der Waals surface area contributed by atoms with Crippen molar-refractivity contribution < 1.29 is 0 Å². The lowest BCUT2D eigenvalue weighted by Gasteiger charge is -2.13. The molecule has 0 spiro atoms. The Balaban J connectivity index is 2.24. The maximum Gasteiger partial charge on any atom is 0.0525 e. The summed E-state index contributed by atoms with van der Waals surface area (Å²) in [7, 11) is 0. The molecule has 2 heteroatoms. The van der Waals surface area contributed by atoms with Crippen LogP contribution in [0.1, 0.15) is 33.3 Å². The Labute approximate surface area is 116 Å². The first kappa shape index (κ1) is 14.1. The Hall–Kier alpha value is -1.28. The van der Waals surface area contributed by atoms with Gasteiger partial charge in [-0.3, -0.25) is 0 Å². The summed E-state index contributed by atoms with van der Waals surface area (Å²) < 4.78 is 2.40. The van der Waals surface area contributed by atoms with E-state index in [1.807, 2.05) is 0 Å². The van der Waals surface area contributed by atoms with E-state index in [0.717, 1.165) is 19.6 Å². The van der Waals surface area contributed by atoms with E-state index in [2.05, 4.69) is 68.0 Å². The number of hydrogen-bond donors (Lipinski definition) is 1. The van der Waals surface area contributed by atoms with E-state index in [9.17, 15) is 0 Å². The van der Waals surface area contributed by atoms with Gasteiger partial charge in [-0.1, -0.05) is 45.9 Å². The van der Waals surface area contributed by atoms with Crippen molar-refractivity contribution in [2.24, 2.45) is 11.8 Å². The molecule has 0 radical (unpaired) electrons. The van der Waals surface area contributed by atoms with Gasteiger partial charge >= 0.3 is 0 Å². The Morgan fingerprint density at radius 2 is 1.84 bits per heavy atom. The molecule has 1 heterocycles. The standard InChI is InChI=1S/C17H26N2/c1-13(2)10-18-11-16-7-5-6-15-8-9-19(17(15)16)12-14(3)4/h5-9,13-14,18H,10-12H2,1-4H3. The van der Waals surface area contributed by atoms with Gasteiger partial charge in [0.2, 0.25) is 0 Å². The van der Waals surface area contributed by atoms with E-state index in [1.165, 1.54) is 16.5 Å². The number of benzene rings is 1. The normalized spacial score (nSPS) is 11.9. The van der Waals surface area contributed by atoms with Gasteiger partial charge in [0.1, 0.15) is 0 Å². The van der Waals surface area contributed by atoms with Gasteiger partial charge in [0.05, 0.1) is 5.52 Å². The molecule has 19 heavy (non-hydrogen) atoms. The minimum atomic E-state index is 0.673. The second-order valence-corrected chi connectivity index (χ2v) is 6.24. The van der Waals surface area contributed by atoms with E-state index < -0.39 is 0 Å². The second-order valence-electron chi connectivity index (χ2n) is 6.24. The van der Waals surface area contributed by atoms with E-state index >= 15 is 0 Å². The lowest BCUT2D eigenvalue weighted by molar-refractivity contribution is 0.531. The molecular weight excluding hydrogens is 232 g/mol. The number of para-hydroxylation sites is 1. The summed E-state index contributed by atoms with van der Waals surface area (Å²) in [4.78, 5) is 0. The third-order valence-electron chi connectivity index (χ3n) is 3.30. The van der Waals surface area contributed by atoms with Crippen LogP contribution in [-0.4, -0.2) is 11.1 Å². The van der Waals surface area contributed by atoms with Gasteiger partial charge < -0.3 is 9.88 Å². The first-order valence-electron chi connectivity index (χ1n) is 7.35. The number of rotatable bonds is 6. The molecule has 0 saturated carbocycles. The molecule has 2 aromatic rings. The first-order valence-corrected chi connectivity index (χ1v) is 7.35. The first-order chi connectivity index (χ1) is 9.08. The van der Waals surface area contributed by atoms with Gasteiger partial charge in [-0.25, -0.2) is 0 Å². The van der Waals surface area contributed by atoms with Crippen LogP contribution in [0.25, 0.3) is 10.9 Å². The molecule has 1 aromatic carbocycles. The zero-order valence-electron chi connectivity index (χ0n) is 12.6. The lowest BCUT2D eigenvalue weighted by atomic mass is 10.1. The van der Waals surface area contributed by atoms with Crippen LogP contribution in [0.15, 0.2) is 30.5 Å². The molecule has 2 rings (SSSR count). The lowest BCUT2D eigenvalue weighted by Crippen LogP contribution is -2.19. The van der Waals surface area contributed by atoms with Crippen molar-refractivity contribution in [1.29, 1.82) is 0 Å². The highest BCUT2D eigenvalue weighted by Crippen LogP contribution is 2.21. The highest BCUT2D eigenvalue weighted by Gasteiger charge is 2.07. The molecule has 0 atom stereocenters. The van der Waals surface area contributed by atoms with Crippen LogP contribution in [0.3, 0.4) is 0 Å². The molecular formula is C17H26N2. The number of nitrogens with zero attached hydrogens (tertiary/aromatic N) is 1. The highest BCUT2D eigenvalue weighted by atomic mass is 15.0. The van der Waals surface area contributed by atoms with Gasteiger partial charge in [0.15, 0.2) is 0 Å². The summed E-state index contributed by atoms with van der Waals surface area (Å²) in [6.45, 7) is 12.1. The van der Waals surface area contributed by atoms with Crippen molar-refractivity contribution in [3.8, 4) is 0 Å². The van der Waals surface area contributed by atoms with Crippen LogP contribution < -0.4 is 5.32 Å². The Bertz CT molecular complexity index is 523. The highest BCUT2D eigenvalue weighted by molar-refractivity contribution is 5.83. The van der Waals surface area contributed by atoms with Crippen molar-refractivity contribution in [1.82, 2.24) is 9.88 Å². The SMILES string of the molecule is CC(C)CNCc1cccc2ccn(CC(C)C)c12. The summed E-state index contributed by atoms with van der Waals surface area (Å²) in [5.74, 6) is 1.37. The van der Waals surface area contributed by atoms with Crippen molar-refractivity contribution in [2.75, 3.05) is 6.54 Å². The quantitative estimate of drug-likeness (QED) is 0.827. The third-order valence-corrected chi connectivity index (χ3v) is 3.30. The Kier molecular flexibility index (Phi) is 4.65. The van der Waals surface area contributed by atoms with E-state index in [1.54, 1.807) is 0 Å². The smallest absolute Gasteiger partial charge is 0.0525 e. The van der Waals surface area contributed by atoms with Crippen molar-refractivity contribution in [3.63, 3.8) is 0 Å². The fraction of sp³-hybridized carbons (Fsp3) is 0.529. The summed E-state index contributed by atoms with van der Waals surface area (Å²) in [6.07, 6.45) is 2.22. The van der Waals surface area contributed by atoms with Crippen LogP contribution in [-0.2, 0) is 13.1 Å². The van der Waals surface area contributed by atoms with Crippen LogP contribution in [0.5, 0.6) is 0 Å². The zero-order valence-corrected chi connectivity index (χ0v) is 12.6. The molecule has 1 aromatic heterocycles. The second kappa shape index (κ2) is 6.25. The molecule has 0 aliphatic heterocycles. The summed E-state index contributed by atoms with van der Waals surface area (Å²) in [6, 6.07) is 8.84. The van der Waals surface area contributed by atoms with Gasteiger partial charge in [-0.05, 0) is 35.4 Å². The molecule has 0 saturated heterocycles. The molecule has 1 N–H and O–H groups in total. The van der Waals surface area contributed by atoms with Crippen LogP contribution in [0, 0.1) is 11.8 Å².